The van der Waals surface area contributed by atoms with Crippen molar-refractivity contribution >= 4 is 33.9 Å². The lowest BCUT2D eigenvalue weighted by Crippen LogP contribution is -2.19. The van der Waals surface area contributed by atoms with Gasteiger partial charge in [-0.25, -0.2) is 4.98 Å². The lowest BCUT2D eigenvalue weighted by molar-refractivity contribution is -0.105. The molecule has 0 unspecified atom stereocenters. The summed E-state index contributed by atoms with van der Waals surface area (Å²) in [5.41, 5.74) is 6.98. The first-order valence-corrected chi connectivity index (χ1v) is 9.98. The Bertz CT molecular complexity index is 1530. The van der Waals surface area contributed by atoms with E-state index in [2.05, 4.69) is 21.4 Å². The molecule has 0 saturated heterocycles. The van der Waals surface area contributed by atoms with Crippen molar-refractivity contribution in [2.45, 2.75) is 13.8 Å². The topological polar surface area (TPSA) is 79.8 Å². The molecule has 0 aliphatic rings. The third-order valence-electron chi connectivity index (χ3n) is 5.66. The number of fused-ring (bicyclic) bond motifs is 2. The molecule has 0 bridgehead atoms. The van der Waals surface area contributed by atoms with E-state index in [1.807, 2.05) is 62.4 Å². The van der Waals surface area contributed by atoms with E-state index in [0.29, 0.717) is 17.3 Å². The van der Waals surface area contributed by atoms with Crippen molar-refractivity contribution in [3.63, 3.8) is 0 Å². The molecule has 0 atom stereocenters. The van der Waals surface area contributed by atoms with Crippen LogP contribution in [0.2, 0.25) is 0 Å². The Kier molecular flexibility index (Phi) is 4.40. The predicted octanol–water partition coefficient (Wildman–Crippen LogP) is 4.72. The van der Waals surface area contributed by atoms with Gasteiger partial charge in [-0.3, -0.25) is 14.2 Å². The zero-order chi connectivity index (χ0) is 21.5. The predicted molar refractivity (Wildman–Crippen MR) is 124 cm³/mol. The van der Waals surface area contributed by atoms with Gasteiger partial charge in [0.15, 0.2) is 0 Å². The minimum atomic E-state index is -0.0981. The highest BCUT2D eigenvalue weighted by atomic mass is 16.1. The molecule has 0 aliphatic heterocycles. The van der Waals surface area contributed by atoms with E-state index >= 15 is 0 Å². The van der Waals surface area contributed by atoms with Gasteiger partial charge in [-0.1, -0.05) is 30.3 Å². The molecular formula is C25H20N4O2. The second-order valence-corrected chi connectivity index (χ2v) is 7.55. The van der Waals surface area contributed by atoms with E-state index in [1.54, 1.807) is 17.0 Å². The van der Waals surface area contributed by atoms with Crippen LogP contribution in [0.5, 0.6) is 0 Å². The molecule has 2 heterocycles. The second-order valence-electron chi connectivity index (χ2n) is 7.55. The third-order valence-corrected chi connectivity index (χ3v) is 5.66. The fraction of sp³-hybridized carbons (Fsp3) is 0.0800. The number of benzene rings is 3. The van der Waals surface area contributed by atoms with Crippen LogP contribution in [0.15, 0.2) is 71.8 Å². The van der Waals surface area contributed by atoms with Crippen LogP contribution in [-0.2, 0) is 4.79 Å². The average Bonchev–Trinajstić information content (AvgIpc) is 3.17. The molecule has 0 aliphatic carbocycles. The summed E-state index contributed by atoms with van der Waals surface area (Å²) in [6.07, 6.45) is 2.26. The number of amides is 1. The molecule has 31 heavy (non-hydrogen) atoms. The number of carbonyl (C=O) groups excluding carboxylic acids is 1. The number of hydrogen-bond acceptors (Lipinski definition) is 3. The van der Waals surface area contributed by atoms with Gasteiger partial charge in [0.2, 0.25) is 6.41 Å². The maximum atomic E-state index is 13.1. The molecule has 5 aromatic rings. The molecule has 6 heteroatoms. The molecule has 5 rings (SSSR count). The lowest BCUT2D eigenvalue weighted by atomic mass is 9.95. The SMILES string of the molecule is Cc1cc2c(-c3cccc(-n4cnc5ccccc5c4=O)c3C)ccc(NC=O)c2[nH]1. The Morgan fingerprint density at radius 1 is 0.968 bits per heavy atom. The number of carbonyl (C=O) groups is 1. The highest BCUT2D eigenvalue weighted by Gasteiger charge is 2.15. The Balaban J connectivity index is 1.74. The molecule has 0 saturated carbocycles. The maximum Gasteiger partial charge on any atom is 0.265 e. The summed E-state index contributed by atoms with van der Waals surface area (Å²) >= 11 is 0. The second kappa shape index (κ2) is 7.25. The summed E-state index contributed by atoms with van der Waals surface area (Å²) < 4.78 is 1.60. The van der Waals surface area contributed by atoms with Crippen molar-refractivity contribution in [3.05, 3.63) is 88.6 Å². The van der Waals surface area contributed by atoms with Gasteiger partial charge in [-0.2, -0.15) is 0 Å². The van der Waals surface area contributed by atoms with Gasteiger partial charge in [0, 0.05) is 11.1 Å². The first kappa shape index (κ1) is 18.8. The molecule has 2 N–H and O–H groups in total. The van der Waals surface area contributed by atoms with Gasteiger partial charge in [-0.15, -0.1) is 0 Å². The first-order chi connectivity index (χ1) is 15.1. The molecule has 152 valence electrons. The zero-order valence-corrected chi connectivity index (χ0v) is 17.1. The molecule has 2 aromatic heterocycles. The summed E-state index contributed by atoms with van der Waals surface area (Å²) in [7, 11) is 0. The van der Waals surface area contributed by atoms with Crippen LogP contribution in [0.25, 0.3) is 38.6 Å². The Hall–Kier alpha value is -4.19. The number of aromatic amines is 1. The number of anilines is 1. The van der Waals surface area contributed by atoms with Crippen molar-refractivity contribution < 1.29 is 4.79 Å². The quantitative estimate of drug-likeness (QED) is 0.422. The smallest absolute Gasteiger partial charge is 0.265 e. The lowest BCUT2D eigenvalue weighted by Gasteiger charge is -2.15. The maximum absolute atomic E-state index is 13.1. The Labute approximate surface area is 178 Å². The fourth-order valence-electron chi connectivity index (χ4n) is 4.19. The van der Waals surface area contributed by atoms with Crippen molar-refractivity contribution in [2.24, 2.45) is 0 Å². The molecule has 3 aromatic carbocycles. The van der Waals surface area contributed by atoms with Crippen LogP contribution >= 0.6 is 0 Å². The van der Waals surface area contributed by atoms with Crippen molar-refractivity contribution in [2.75, 3.05) is 5.32 Å². The summed E-state index contributed by atoms with van der Waals surface area (Å²) in [5, 5.41) is 4.35. The summed E-state index contributed by atoms with van der Waals surface area (Å²) in [4.78, 5) is 31.9. The van der Waals surface area contributed by atoms with Gasteiger partial charge >= 0.3 is 0 Å². The first-order valence-electron chi connectivity index (χ1n) is 9.98. The largest absolute Gasteiger partial charge is 0.357 e. The van der Waals surface area contributed by atoms with E-state index in [1.165, 1.54) is 0 Å². The molecule has 1 amide bonds. The number of nitrogens with zero attached hydrogens (tertiary/aromatic N) is 2. The van der Waals surface area contributed by atoms with E-state index < -0.39 is 0 Å². The Morgan fingerprint density at radius 2 is 1.81 bits per heavy atom. The number of rotatable bonds is 4. The monoisotopic (exact) mass is 408 g/mol. The number of aryl methyl sites for hydroxylation is 1. The highest BCUT2D eigenvalue weighted by Crippen LogP contribution is 2.36. The number of hydrogen-bond donors (Lipinski definition) is 2. The summed E-state index contributed by atoms with van der Waals surface area (Å²) in [6, 6.07) is 19.2. The molecule has 0 radical (unpaired) electrons. The van der Waals surface area contributed by atoms with Crippen LogP contribution in [0.4, 0.5) is 5.69 Å². The minimum Gasteiger partial charge on any atom is -0.357 e. The van der Waals surface area contributed by atoms with Gasteiger partial charge < -0.3 is 10.3 Å². The van der Waals surface area contributed by atoms with Crippen LogP contribution < -0.4 is 10.9 Å². The molecule has 6 nitrogen and oxygen atoms in total. The van der Waals surface area contributed by atoms with E-state index in [-0.39, 0.29) is 5.56 Å². The standard InChI is InChI=1S/C25H20N4O2/c1-15-12-20-18(10-11-22(27-14-30)24(20)28-15)17-7-5-9-23(16(17)2)29-13-26-21-8-4-3-6-19(21)25(29)31/h3-14,28H,1-2H3,(H,27,30). The van der Waals surface area contributed by atoms with Crippen LogP contribution in [-0.4, -0.2) is 20.9 Å². The van der Waals surface area contributed by atoms with E-state index in [0.717, 1.165) is 44.7 Å². The highest BCUT2D eigenvalue weighted by molar-refractivity contribution is 6.04. The number of aromatic nitrogens is 3. The van der Waals surface area contributed by atoms with Crippen molar-refractivity contribution in [1.82, 2.24) is 14.5 Å². The normalized spacial score (nSPS) is 11.2. The molecule has 0 spiro atoms. The third kappa shape index (κ3) is 3.00. The van der Waals surface area contributed by atoms with Gasteiger partial charge in [-0.05, 0) is 60.9 Å². The fourth-order valence-corrected chi connectivity index (χ4v) is 4.19. The van der Waals surface area contributed by atoms with Crippen molar-refractivity contribution in [3.8, 4) is 16.8 Å². The van der Waals surface area contributed by atoms with Gasteiger partial charge in [0.1, 0.15) is 6.33 Å². The van der Waals surface area contributed by atoms with Gasteiger partial charge in [0.25, 0.3) is 5.56 Å². The zero-order valence-electron chi connectivity index (χ0n) is 17.1. The van der Waals surface area contributed by atoms with Crippen LogP contribution in [0, 0.1) is 13.8 Å². The van der Waals surface area contributed by atoms with Crippen molar-refractivity contribution in [1.29, 1.82) is 0 Å². The van der Waals surface area contributed by atoms with E-state index in [9.17, 15) is 9.59 Å². The van der Waals surface area contributed by atoms with Crippen LogP contribution in [0.1, 0.15) is 11.3 Å². The summed E-state index contributed by atoms with van der Waals surface area (Å²) in [6.45, 7) is 3.99. The number of nitrogens with one attached hydrogen (secondary N) is 2. The summed E-state index contributed by atoms with van der Waals surface area (Å²) in [5.74, 6) is 0. The molecule has 0 fully saturated rings. The number of para-hydroxylation sites is 1. The van der Waals surface area contributed by atoms with E-state index in [4.69, 9.17) is 0 Å². The molecular weight excluding hydrogens is 388 g/mol. The average molecular weight is 408 g/mol. The number of H-pyrrole nitrogens is 1. The van der Waals surface area contributed by atoms with Crippen LogP contribution in [0.3, 0.4) is 0 Å². The Morgan fingerprint density at radius 3 is 2.65 bits per heavy atom. The van der Waals surface area contributed by atoms with Gasteiger partial charge in [0.05, 0.1) is 27.8 Å². The minimum absolute atomic E-state index is 0.0981.